The van der Waals surface area contributed by atoms with Gasteiger partial charge >= 0.3 is 0 Å². The molecular formula is C31H37ClF2N4O3. The largest absolute Gasteiger partial charge is 0.343 e. The third-order valence-corrected chi connectivity index (χ3v) is 9.32. The highest BCUT2D eigenvalue weighted by Gasteiger charge is 2.42. The fourth-order valence-electron chi connectivity index (χ4n) is 6.51. The van der Waals surface area contributed by atoms with Gasteiger partial charge in [-0.25, -0.2) is 8.78 Å². The van der Waals surface area contributed by atoms with Crippen LogP contribution in [0.1, 0.15) is 42.1 Å². The Morgan fingerprint density at radius 2 is 1.66 bits per heavy atom. The molecule has 220 valence electrons. The van der Waals surface area contributed by atoms with E-state index in [1.54, 1.807) is 16.7 Å². The summed E-state index contributed by atoms with van der Waals surface area (Å²) < 4.78 is 27.8. The number of aryl methyl sites for hydroxylation is 1. The Kier molecular flexibility index (Phi) is 8.94. The maximum atomic E-state index is 14.2. The molecule has 2 unspecified atom stereocenters. The number of fused-ring (bicyclic) bond motifs is 1. The molecule has 2 aromatic rings. The van der Waals surface area contributed by atoms with Crippen molar-refractivity contribution in [1.82, 2.24) is 14.7 Å². The van der Waals surface area contributed by atoms with Crippen LogP contribution in [0.4, 0.5) is 14.5 Å². The lowest BCUT2D eigenvalue weighted by atomic mass is 9.94. The van der Waals surface area contributed by atoms with Gasteiger partial charge in [-0.05, 0) is 74.4 Å². The van der Waals surface area contributed by atoms with E-state index >= 15 is 0 Å². The minimum Gasteiger partial charge on any atom is -0.343 e. The molecule has 7 nitrogen and oxygen atoms in total. The maximum absolute atomic E-state index is 14.2. The number of amides is 3. The van der Waals surface area contributed by atoms with Gasteiger partial charge in [0.2, 0.25) is 11.8 Å². The lowest BCUT2D eigenvalue weighted by Crippen LogP contribution is -2.44. The van der Waals surface area contributed by atoms with Crippen LogP contribution in [0.3, 0.4) is 0 Å². The molecule has 41 heavy (non-hydrogen) atoms. The summed E-state index contributed by atoms with van der Waals surface area (Å²) in [7, 11) is 0. The van der Waals surface area contributed by atoms with E-state index in [-0.39, 0.29) is 35.1 Å². The van der Waals surface area contributed by atoms with Crippen molar-refractivity contribution in [2.24, 2.45) is 17.8 Å². The van der Waals surface area contributed by atoms with Crippen molar-refractivity contribution in [3.8, 4) is 0 Å². The summed E-state index contributed by atoms with van der Waals surface area (Å²) in [5.41, 5.74) is 1.53. The molecule has 3 fully saturated rings. The minimum absolute atomic E-state index is 0.0436. The molecule has 3 heterocycles. The van der Waals surface area contributed by atoms with Crippen LogP contribution in [0.5, 0.6) is 0 Å². The Morgan fingerprint density at radius 1 is 0.976 bits per heavy atom. The molecule has 5 rings (SSSR count). The molecule has 0 N–H and O–H groups in total. The number of halogens is 3. The van der Waals surface area contributed by atoms with Gasteiger partial charge in [0.25, 0.3) is 5.91 Å². The second kappa shape index (κ2) is 12.4. The fraction of sp³-hybridized carbons (Fsp3) is 0.516. The van der Waals surface area contributed by atoms with Crippen LogP contribution in [0.15, 0.2) is 36.4 Å². The van der Waals surface area contributed by atoms with E-state index in [1.165, 1.54) is 12.1 Å². The molecular weight excluding hydrogens is 550 g/mol. The van der Waals surface area contributed by atoms with E-state index in [1.807, 2.05) is 30.0 Å². The smallest absolute Gasteiger partial charge is 0.256 e. The minimum atomic E-state index is -1.09. The third-order valence-electron chi connectivity index (χ3n) is 8.91. The molecule has 3 aliphatic rings. The van der Waals surface area contributed by atoms with Crippen molar-refractivity contribution in [3.63, 3.8) is 0 Å². The first-order valence-electron chi connectivity index (χ1n) is 14.4. The molecule has 3 amide bonds. The van der Waals surface area contributed by atoms with E-state index in [9.17, 15) is 23.2 Å². The normalized spacial score (nSPS) is 21.3. The average molecular weight is 587 g/mol. The first kappa shape index (κ1) is 29.5. The lowest BCUT2D eigenvalue weighted by molar-refractivity contribution is -0.133. The molecule has 3 saturated heterocycles. The summed E-state index contributed by atoms with van der Waals surface area (Å²) in [6, 6.07) is 9.44. The van der Waals surface area contributed by atoms with Crippen molar-refractivity contribution in [2.45, 2.75) is 33.1 Å². The number of likely N-dealkylation sites (tertiary alicyclic amines) is 3. The molecule has 0 bridgehead atoms. The molecule has 10 heteroatoms. The number of anilines is 1. The fourth-order valence-corrected chi connectivity index (χ4v) is 6.68. The Hall–Kier alpha value is -3.04. The van der Waals surface area contributed by atoms with E-state index < -0.39 is 17.5 Å². The second-order valence-electron chi connectivity index (χ2n) is 11.6. The molecule has 0 aromatic heterocycles. The van der Waals surface area contributed by atoms with Gasteiger partial charge in [0.1, 0.15) is 0 Å². The predicted molar refractivity (Wildman–Crippen MR) is 154 cm³/mol. The molecule has 0 radical (unpaired) electrons. The average Bonchev–Trinajstić information content (AvgIpc) is 3.53. The van der Waals surface area contributed by atoms with Crippen LogP contribution < -0.4 is 4.90 Å². The van der Waals surface area contributed by atoms with Gasteiger partial charge in [-0.3, -0.25) is 14.4 Å². The summed E-state index contributed by atoms with van der Waals surface area (Å²) in [5.74, 6) is -2.00. The third kappa shape index (κ3) is 6.41. The van der Waals surface area contributed by atoms with E-state index in [2.05, 4.69) is 4.90 Å². The number of hydrogen-bond donors (Lipinski definition) is 0. The summed E-state index contributed by atoms with van der Waals surface area (Å²) in [5, 5.41) is 0.622. The molecule has 0 aliphatic carbocycles. The molecule has 3 aliphatic heterocycles. The number of carbonyl (C=O) groups is 3. The van der Waals surface area contributed by atoms with Crippen LogP contribution in [0.25, 0.3) is 0 Å². The first-order valence-corrected chi connectivity index (χ1v) is 14.8. The van der Waals surface area contributed by atoms with Crippen molar-refractivity contribution >= 4 is 35.0 Å². The van der Waals surface area contributed by atoms with Crippen LogP contribution in [-0.2, 0) is 9.59 Å². The SMILES string of the molecule is CC(=O)N1CCC(C(=O)N(CCCN2CC3CN(C(=O)c4cccc(F)c4F)CC3C2)c2ccc(C)c(Cl)c2)CC1. The molecule has 0 spiro atoms. The van der Waals surface area contributed by atoms with Gasteiger partial charge in [-0.2, -0.15) is 0 Å². The predicted octanol–water partition coefficient (Wildman–Crippen LogP) is 4.61. The van der Waals surface area contributed by atoms with Gasteiger partial charge < -0.3 is 19.6 Å². The number of piperidine rings is 1. The number of benzene rings is 2. The number of hydrogen-bond acceptors (Lipinski definition) is 4. The Labute approximate surface area is 245 Å². The van der Waals surface area contributed by atoms with Crippen LogP contribution >= 0.6 is 11.6 Å². The standard InChI is InChI=1S/C31H37ClF2N4O3/c1-20-7-8-25(15-27(20)32)38(30(40)22-9-13-36(14-10-22)21(2)39)12-4-11-35-16-23-18-37(19-24(23)17-35)31(41)26-5-3-6-28(33)29(26)34/h3,5-8,15,22-24H,4,9-14,16-19H2,1-2H3. The van der Waals surface area contributed by atoms with Crippen LogP contribution in [0, 0.1) is 36.3 Å². The summed E-state index contributed by atoms with van der Waals surface area (Å²) in [6.07, 6.45) is 2.08. The van der Waals surface area contributed by atoms with Crippen molar-refractivity contribution in [3.05, 3.63) is 64.2 Å². The first-order chi connectivity index (χ1) is 19.6. The second-order valence-corrected chi connectivity index (χ2v) is 12.1. The summed E-state index contributed by atoms with van der Waals surface area (Å²) in [4.78, 5) is 45.9. The summed E-state index contributed by atoms with van der Waals surface area (Å²) >= 11 is 6.43. The van der Waals surface area contributed by atoms with E-state index in [0.29, 0.717) is 50.6 Å². The van der Waals surface area contributed by atoms with Crippen LogP contribution in [-0.4, -0.2) is 84.8 Å². The zero-order chi connectivity index (χ0) is 29.3. The van der Waals surface area contributed by atoms with Gasteiger partial charge in [0.05, 0.1) is 5.56 Å². The van der Waals surface area contributed by atoms with Gasteiger partial charge in [0, 0.05) is 69.4 Å². The number of nitrogens with zero attached hydrogens (tertiary/aromatic N) is 4. The van der Waals surface area contributed by atoms with Crippen molar-refractivity contribution < 1.29 is 23.2 Å². The van der Waals surface area contributed by atoms with Gasteiger partial charge in [0.15, 0.2) is 11.6 Å². The Bertz CT molecular complexity index is 1300. The van der Waals surface area contributed by atoms with Crippen molar-refractivity contribution in [1.29, 1.82) is 0 Å². The summed E-state index contributed by atoms with van der Waals surface area (Å²) in [6.45, 7) is 8.77. The Morgan fingerprint density at radius 3 is 2.29 bits per heavy atom. The maximum Gasteiger partial charge on any atom is 0.256 e. The highest BCUT2D eigenvalue weighted by atomic mass is 35.5. The highest BCUT2D eigenvalue weighted by Crippen LogP contribution is 2.33. The van der Waals surface area contributed by atoms with E-state index in [0.717, 1.165) is 43.4 Å². The molecule has 2 aromatic carbocycles. The quantitative estimate of drug-likeness (QED) is 0.475. The Balaban J connectivity index is 1.17. The molecule has 0 saturated carbocycles. The van der Waals surface area contributed by atoms with Crippen LogP contribution in [0.2, 0.25) is 5.02 Å². The van der Waals surface area contributed by atoms with E-state index in [4.69, 9.17) is 11.6 Å². The lowest BCUT2D eigenvalue weighted by Gasteiger charge is -2.34. The number of rotatable bonds is 7. The zero-order valence-electron chi connectivity index (χ0n) is 23.6. The molecule has 2 atom stereocenters. The van der Waals surface area contributed by atoms with Crippen molar-refractivity contribution in [2.75, 3.05) is 57.3 Å². The highest BCUT2D eigenvalue weighted by molar-refractivity contribution is 6.31. The van der Waals surface area contributed by atoms with Gasteiger partial charge in [-0.15, -0.1) is 0 Å². The zero-order valence-corrected chi connectivity index (χ0v) is 24.4. The monoisotopic (exact) mass is 586 g/mol. The topological polar surface area (TPSA) is 64.2 Å². The van der Waals surface area contributed by atoms with Gasteiger partial charge in [-0.1, -0.05) is 23.7 Å². The number of carbonyl (C=O) groups excluding carboxylic acids is 3.